The number of alkyl carbamates (subject to hydrolysis) is 2. The van der Waals surface area contributed by atoms with E-state index < -0.39 is 88.2 Å². The van der Waals surface area contributed by atoms with Crippen molar-refractivity contribution in [2.75, 3.05) is 33.4 Å². The summed E-state index contributed by atoms with van der Waals surface area (Å²) in [5.41, 5.74) is 3.57. The summed E-state index contributed by atoms with van der Waals surface area (Å²) >= 11 is 0. The van der Waals surface area contributed by atoms with Gasteiger partial charge in [-0.3, -0.25) is 29.6 Å². The van der Waals surface area contributed by atoms with E-state index in [9.17, 15) is 38.7 Å². The SMILES string of the molecule is CCC(C)(C)C(=O)C(=O)N1CCCCC1C(=O)OCCOC(=O)NC(C(=O)NC(Cc1ccccc1)[C@@H](O)CN(Cc1ccc(-c2ccccn2)cc1)NC(=O)C(NC(=O)OC)C(C)(C)C)C(C)(C)C. The molecule has 70 heavy (non-hydrogen) atoms. The molecule has 4 unspecified atom stereocenters. The van der Waals surface area contributed by atoms with Gasteiger partial charge in [0.2, 0.25) is 11.7 Å². The van der Waals surface area contributed by atoms with Gasteiger partial charge in [0.05, 0.1) is 24.9 Å². The molecule has 4 rings (SSSR count). The number of nitrogens with one attached hydrogen (secondary N) is 4. The number of benzene rings is 2. The Morgan fingerprint density at radius 1 is 0.757 bits per heavy atom. The number of carbonyl (C=O) groups excluding carboxylic acids is 7. The predicted molar refractivity (Wildman–Crippen MR) is 262 cm³/mol. The zero-order valence-corrected chi connectivity index (χ0v) is 42.3. The van der Waals surface area contributed by atoms with E-state index in [4.69, 9.17) is 14.2 Å². The number of hydrogen-bond donors (Lipinski definition) is 5. The molecule has 1 saturated heterocycles. The van der Waals surface area contributed by atoms with Crippen LogP contribution in [0, 0.1) is 16.2 Å². The maximum Gasteiger partial charge on any atom is 0.407 e. The topological polar surface area (TPSA) is 235 Å². The summed E-state index contributed by atoms with van der Waals surface area (Å²) in [6.45, 7) is 15.2. The van der Waals surface area contributed by atoms with Crippen molar-refractivity contribution in [1.82, 2.24) is 36.3 Å². The molecule has 1 aliphatic heterocycles. The molecule has 2 heterocycles. The lowest BCUT2D eigenvalue weighted by molar-refractivity contribution is -0.161. The van der Waals surface area contributed by atoms with Crippen LogP contribution < -0.4 is 21.4 Å². The molecule has 3 aromatic rings. The minimum absolute atomic E-state index is 0.105. The van der Waals surface area contributed by atoms with Crippen LogP contribution in [0.5, 0.6) is 0 Å². The second-order valence-corrected chi connectivity index (χ2v) is 20.4. The number of aliphatic hydroxyl groups is 1. The third kappa shape index (κ3) is 16.6. The molecule has 0 saturated carbocycles. The molecule has 5 atom stereocenters. The molecular weight excluding hydrogens is 899 g/mol. The van der Waals surface area contributed by atoms with Gasteiger partial charge in [0.15, 0.2) is 0 Å². The van der Waals surface area contributed by atoms with E-state index in [1.165, 1.54) is 17.0 Å². The lowest BCUT2D eigenvalue weighted by atomic mass is 9.84. The third-order valence-corrected chi connectivity index (χ3v) is 12.3. The van der Waals surface area contributed by atoms with Crippen LogP contribution in [0.3, 0.4) is 0 Å². The van der Waals surface area contributed by atoms with Gasteiger partial charge in [-0.1, -0.05) is 123 Å². The minimum atomic E-state index is -1.33. The lowest BCUT2D eigenvalue weighted by Gasteiger charge is -2.36. The number of nitrogens with zero attached hydrogens (tertiary/aromatic N) is 3. The second-order valence-electron chi connectivity index (χ2n) is 20.4. The summed E-state index contributed by atoms with van der Waals surface area (Å²) in [5, 5.41) is 21.8. The third-order valence-electron chi connectivity index (χ3n) is 12.3. The highest BCUT2D eigenvalue weighted by atomic mass is 16.6. The molecule has 0 aliphatic carbocycles. The summed E-state index contributed by atoms with van der Waals surface area (Å²) in [4.78, 5) is 99.0. The zero-order chi connectivity index (χ0) is 51.8. The summed E-state index contributed by atoms with van der Waals surface area (Å²) in [7, 11) is 1.20. The smallest absolute Gasteiger partial charge is 0.407 e. The number of hydrogen-bond acceptors (Lipinski definition) is 13. The van der Waals surface area contributed by atoms with Gasteiger partial charge in [-0.15, -0.1) is 0 Å². The Labute approximate surface area is 411 Å². The summed E-state index contributed by atoms with van der Waals surface area (Å²) in [5.74, 6) is -3.20. The van der Waals surface area contributed by atoms with Crippen LogP contribution in [0.2, 0.25) is 0 Å². The van der Waals surface area contributed by atoms with Gasteiger partial charge < -0.3 is 40.2 Å². The molecule has 1 aromatic heterocycles. The second kappa shape index (κ2) is 25.5. The standard InChI is InChI=1S/C52H73N7O11/c1-11-52(8,9)43(61)46(64)59-28-18-16-22-39(59)47(65)69-29-30-70-49(67)56-41(50(2,3)4)44(62)54-38(31-34-19-13-12-14-20-34)40(60)33-58(57-45(63)42(51(5,6)7)55-48(66)68-10)32-35-23-25-36(26-24-35)37-21-15-17-27-53-37/h12-15,17,19-21,23-27,38-42,60H,11,16,18,22,28-33H2,1-10H3,(H,54,62)(H,55,66)(H,56,67)(H,57,63)/t38?,39?,40-,41?,42?/m0/s1. The quantitative estimate of drug-likeness (QED) is 0.0292. The number of aromatic nitrogens is 1. The van der Waals surface area contributed by atoms with Crippen molar-refractivity contribution in [2.24, 2.45) is 16.2 Å². The first-order valence-corrected chi connectivity index (χ1v) is 23.8. The summed E-state index contributed by atoms with van der Waals surface area (Å²) in [6, 6.07) is 18.2. The Bertz CT molecular complexity index is 2230. The number of rotatable bonds is 21. The molecule has 5 amide bonds. The Hall–Kier alpha value is -6.40. The molecule has 1 fully saturated rings. The van der Waals surface area contributed by atoms with Gasteiger partial charge in [-0.25, -0.2) is 19.4 Å². The monoisotopic (exact) mass is 972 g/mol. The average Bonchev–Trinajstić information content (AvgIpc) is 3.32. The van der Waals surface area contributed by atoms with Crippen LogP contribution in [0.1, 0.15) is 99.1 Å². The van der Waals surface area contributed by atoms with E-state index in [1.807, 2.05) is 79.7 Å². The average molecular weight is 972 g/mol. The summed E-state index contributed by atoms with van der Waals surface area (Å²) < 4.78 is 15.6. The maximum atomic E-state index is 14.3. The Morgan fingerprint density at radius 2 is 1.37 bits per heavy atom. The number of methoxy groups -OCH3 is 1. The van der Waals surface area contributed by atoms with Gasteiger partial charge in [0.25, 0.3) is 11.8 Å². The fourth-order valence-electron chi connectivity index (χ4n) is 7.74. The maximum absolute atomic E-state index is 14.3. The van der Waals surface area contributed by atoms with Gasteiger partial charge in [-0.05, 0) is 66.2 Å². The van der Waals surface area contributed by atoms with Gasteiger partial charge >= 0.3 is 18.2 Å². The van der Waals surface area contributed by atoms with E-state index in [1.54, 1.807) is 61.6 Å². The fourth-order valence-corrected chi connectivity index (χ4v) is 7.74. The largest absolute Gasteiger partial charge is 0.461 e. The molecule has 2 aromatic carbocycles. The number of pyridine rings is 1. The van der Waals surface area contributed by atoms with Crippen LogP contribution in [0.25, 0.3) is 11.3 Å². The fraction of sp³-hybridized carbons (Fsp3) is 0.538. The van der Waals surface area contributed by atoms with E-state index in [-0.39, 0.29) is 39.3 Å². The molecule has 0 radical (unpaired) electrons. The van der Waals surface area contributed by atoms with Crippen LogP contribution in [-0.2, 0) is 51.1 Å². The number of piperidine rings is 1. The molecule has 0 spiro atoms. The number of aliphatic hydroxyl groups excluding tert-OH is 1. The van der Waals surface area contributed by atoms with Gasteiger partial charge in [0.1, 0.15) is 31.3 Å². The highest BCUT2D eigenvalue weighted by Gasteiger charge is 2.41. The zero-order valence-electron chi connectivity index (χ0n) is 42.3. The number of esters is 1. The first kappa shape index (κ1) is 56.2. The highest BCUT2D eigenvalue weighted by Crippen LogP contribution is 2.27. The number of ketones is 1. The van der Waals surface area contributed by atoms with Crippen molar-refractivity contribution in [3.8, 4) is 11.3 Å². The first-order chi connectivity index (χ1) is 32.9. The van der Waals surface area contributed by atoms with E-state index in [0.29, 0.717) is 25.7 Å². The van der Waals surface area contributed by atoms with Crippen molar-refractivity contribution in [3.63, 3.8) is 0 Å². The Morgan fingerprint density at radius 3 is 1.97 bits per heavy atom. The molecule has 18 heteroatoms. The molecule has 5 N–H and O–H groups in total. The van der Waals surface area contributed by atoms with Crippen molar-refractivity contribution in [1.29, 1.82) is 0 Å². The van der Waals surface area contributed by atoms with Gasteiger partial charge in [-0.2, -0.15) is 0 Å². The Kier molecular flexibility index (Phi) is 20.4. The predicted octanol–water partition coefficient (Wildman–Crippen LogP) is 5.51. The number of carbonyl (C=O) groups is 7. The molecule has 1 aliphatic rings. The number of hydrazine groups is 1. The van der Waals surface area contributed by atoms with E-state index in [0.717, 1.165) is 22.4 Å². The van der Waals surface area contributed by atoms with Crippen molar-refractivity contribution < 1.29 is 52.9 Å². The van der Waals surface area contributed by atoms with E-state index in [2.05, 4.69) is 26.4 Å². The molecule has 382 valence electrons. The lowest BCUT2D eigenvalue weighted by Crippen LogP contribution is -2.61. The number of Topliss-reactive ketones (excluding diaryl/α,β-unsaturated/α-hetero) is 1. The number of amides is 5. The molecular formula is C52H73N7O11. The highest BCUT2D eigenvalue weighted by molar-refractivity contribution is 6.38. The van der Waals surface area contributed by atoms with Crippen LogP contribution >= 0.6 is 0 Å². The van der Waals surface area contributed by atoms with Crippen LogP contribution in [-0.4, -0.2) is 125 Å². The van der Waals surface area contributed by atoms with E-state index >= 15 is 0 Å². The molecule has 0 bridgehead atoms. The Balaban J connectivity index is 1.50. The number of likely N-dealkylation sites (tertiary alicyclic amines) is 1. The van der Waals surface area contributed by atoms with Crippen molar-refractivity contribution >= 4 is 41.7 Å². The van der Waals surface area contributed by atoms with Crippen LogP contribution in [0.4, 0.5) is 9.59 Å². The number of ether oxygens (including phenoxy) is 3. The van der Waals surface area contributed by atoms with Crippen LogP contribution in [0.15, 0.2) is 79.0 Å². The van der Waals surface area contributed by atoms with Crippen molar-refractivity contribution in [2.45, 2.75) is 131 Å². The normalized spacial score (nSPS) is 15.9. The van der Waals surface area contributed by atoms with Gasteiger partial charge in [0, 0.05) is 36.8 Å². The van der Waals surface area contributed by atoms with Crippen molar-refractivity contribution in [3.05, 3.63) is 90.1 Å². The minimum Gasteiger partial charge on any atom is -0.461 e. The molecule has 18 nitrogen and oxygen atoms in total. The first-order valence-electron chi connectivity index (χ1n) is 23.8. The summed E-state index contributed by atoms with van der Waals surface area (Å²) in [6.07, 6.45) is 0.856.